The van der Waals surface area contributed by atoms with Gasteiger partial charge in [-0.25, -0.2) is 0 Å². The Balaban J connectivity index is 2.07. The number of nitrogens with zero attached hydrogens (tertiary/aromatic N) is 1. The van der Waals surface area contributed by atoms with Crippen LogP contribution in [-0.2, 0) is 12.0 Å². The second kappa shape index (κ2) is 3.05. The maximum absolute atomic E-state index is 3.52. The number of thiophene rings is 1. The van der Waals surface area contributed by atoms with Gasteiger partial charge in [0, 0.05) is 31.1 Å². The van der Waals surface area contributed by atoms with Gasteiger partial charge in [0.25, 0.3) is 0 Å². The molecule has 0 aliphatic carbocycles. The van der Waals surface area contributed by atoms with Gasteiger partial charge < -0.3 is 5.32 Å². The van der Waals surface area contributed by atoms with Crippen molar-refractivity contribution in [2.75, 3.05) is 26.2 Å². The van der Waals surface area contributed by atoms with Gasteiger partial charge in [0.2, 0.25) is 0 Å². The molecule has 14 heavy (non-hydrogen) atoms. The predicted molar refractivity (Wildman–Crippen MR) is 59.8 cm³/mol. The van der Waals surface area contributed by atoms with Crippen LogP contribution < -0.4 is 5.32 Å². The molecule has 1 atom stereocenters. The van der Waals surface area contributed by atoms with E-state index in [9.17, 15) is 0 Å². The molecule has 0 saturated carbocycles. The van der Waals surface area contributed by atoms with Crippen LogP contribution in [-0.4, -0.2) is 31.1 Å². The Kier molecular flexibility index (Phi) is 1.94. The van der Waals surface area contributed by atoms with Gasteiger partial charge >= 0.3 is 0 Å². The van der Waals surface area contributed by atoms with Crippen molar-refractivity contribution < 1.29 is 0 Å². The Hall–Kier alpha value is -0.380. The Labute approximate surface area is 88.9 Å². The van der Waals surface area contributed by atoms with E-state index < -0.39 is 0 Å². The molecule has 1 aromatic rings. The quantitative estimate of drug-likeness (QED) is 0.694. The molecule has 3 heterocycles. The zero-order chi connectivity index (χ0) is 9.60. The van der Waals surface area contributed by atoms with E-state index in [0.29, 0.717) is 0 Å². The average molecular weight is 208 g/mol. The molecule has 2 nitrogen and oxygen atoms in total. The zero-order valence-corrected chi connectivity index (χ0v) is 9.36. The zero-order valence-electron chi connectivity index (χ0n) is 8.55. The van der Waals surface area contributed by atoms with Gasteiger partial charge in [-0.3, -0.25) is 4.90 Å². The number of nitrogens with one attached hydrogen (secondary N) is 1. The molecular formula is C11H16N2S. The van der Waals surface area contributed by atoms with E-state index in [1.54, 1.807) is 10.4 Å². The fourth-order valence-corrected chi connectivity index (χ4v) is 3.89. The maximum Gasteiger partial charge on any atom is 0.0654 e. The van der Waals surface area contributed by atoms with Crippen LogP contribution in [0.1, 0.15) is 17.4 Å². The molecule has 2 aliphatic rings. The minimum absolute atomic E-state index is 0.278. The first-order chi connectivity index (χ1) is 6.81. The van der Waals surface area contributed by atoms with Crippen molar-refractivity contribution in [3.63, 3.8) is 0 Å². The van der Waals surface area contributed by atoms with Gasteiger partial charge in [0.1, 0.15) is 0 Å². The summed E-state index contributed by atoms with van der Waals surface area (Å²) < 4.78 is 0. The summed E-state index contributed by atoms with van der Waals surface area (Å²) in [6, 6.07) is 2.30. The minimum atomic E-state index is 0.278. The molecule has 0 spiro atoms. The summed E-state index contributed by atoms with van der Waals surface area (Å²) in [7, 11) is 0. The summed E-state index contributed by atoms with van der Waals surface area (Å²) in [5.41, 5.74) is 1.86. The summed E-state index contributed by atoms with van der Waals surface area (Å²) in [5, 5.41) is 5.76. The molecule has 1 N–H and O–H groups in total. The van der Waals surface area contributed by atoms with Crippen LogP contribution in [0.25, 0.3) is 0 Å². The second-order valence-electron chi connectivity index (χ2n) is 4.46. The highest BCUT2D eigenvalue weighted by Crippen LogP contribution is 2.39. The number of rotatable bonds is 0. The molecule has 0 bridgehead atoms. The monoisotopic (exact) mass is 208 g/mol. The third-order valence-electron chi connectivity index (χ3n) is 3.61. The van der Waals surface area contributed by atoms with Gasteiger partial charge in [-0.1, -0.05) is 0 Å². The van der Waals surface area contributed by atoms with E-state index >= 15 is 0 Å². The van der Waals surface area contributed by atoms with Gasteiger partial charge in [0.05, 0.1) is 5.54 Å². The van der Waals surface area contributed by atoms with Crippen LogP contribution in [0.15, 0.2) is 11.4 Å². The molecule has 2 aliphatic heterocycles. The van der Waals surface area contributed by atoms with Crippen molar-refractivity contribution in [1.29, 1.82) is 0 Å². The van der Waals surface area contributed by atoms with Crippen molar-refractivity contribution in [2.45, 2.75) is 18.9 Å². The third kappa shape index (κ3) is 1.09. The van der Waals surface area contributed by atoms with Gasteiger partial charge in [0.15, 0.2) is 0 Å². The van der Waals surface area contributed by atoms with E-state index in [1.807, 2.05) is 11.3 Å². The third-order valence-corrected chi connectivity index (χ3v) is 4.82. The lowest BCUT2D eigenvalue weighted by molar-refractivity contribution is 0.0666. The van der Waals surface area contributed by atoms with Crippen LogP contribution >= 0.6 is 11.3 Å². The molecule has 0 amide bonds. The smallest absolute Gasteiger partial charge is 0.0654 e. The highest BCUT2D eigenvalue weighted by Gasteiger charge is 2.40. The van der Waals surface area contributed by atoms with Crippen molar-refractivity contribution >= 4 is 11.3 Å². The summed E-state index contributed by atoms with van der Waals surface area (Å²) >= 11 is 1.93. The van der Waals surface area contributed by atoms with E-state index in [0.717, 1.165) is 13.1 Å². The van der Waals surface area contributed by atoms with Crippen LogP contribution in [0.2, 0.25) is 0 Å². The van der Waals surface area contributed by atoms with Gasteiger partial charge in [-0.15, -0.1) is 11.3 Å². The van der Waals surface area contributed by atoms with Crippen molar-refractivity contribution in [3.8, 4) is 0 Å². The highest BCUT2D eigenvalue weighted by molar-refractivity contribution is 7.10. The molecule has 1 aromatic heterocycles. The van der Waals surface area contributed by atoms with E-state index in [-0.39, 0.29) is 5.54 Å². The molecule has 0 radical (unpaired) electrons. The normalized spacial score (nSPS) is 32.4. The number of hydrogen-bond donors (Lipinski definition) is 1. The van der Waals surface area contributed by atoms with Crippen LogP contribution in [0.4, 0.5) is 0 Å². The topological polar surface area (TPSA) is 15.3 Å². The summed E-state index contributed by atoms with van der Waals surface area (Å²) in [6.07, 6.45) is 1.24. The van der Waals surface area contributed by atoms with Crippen molar-refractivity contribution in [3.05, 3.63) is 21.9 Å². The summed E-state index contributed by atoms with van der Waals surface area (Å²) in [4.78, 5) is 4.23. The fraction of sp³-hybridized carbons (Fsp3) is 0.636. The maximum atomic E-state index is 3.52. The van der Waals surface area contributed by atoms with Crippen LogP contribution in [0, 0.1) is 0 Å². The largest absolute Gasteiger partial charge is 0.313 e. The number of piperazine rings is 1. The van der Waals surface area contributed by atoms with Gasteiger partial charge in [-0.05, 0) is 30.4 Å². The Morgan fingerprint density at radius 3 is 3.36 bits per heavy atom. The summed E-state index contributed by atoms with van der Waals surface area (Å²) in [5.74, 6) is 0. The molecule has 0 aromatic carbocycles. The second-order valence-corrected chi connectivity index (χ2v) is 5.38. The van der Waals surface area contributed by atoms with E-state index in [1.165, 1.54) is 19.5 Å². The molecule has 3 rings (SSSR count). The fourth-order valence-electron chi connectivity index (χ4n) is 2.75. The van der Waals surface area contributed by atoms with Gasteiger partial charge in [-0.2, -0.15) is 0 Å². The van der Waals surface area contributed by atoms with E-state index in [4.69, 9.17) is 0 Å². The first-order valence-corrected chi connectivity index (χ1v) is 6.21. The molecular weight excluding hydrogens is 192 g/mol. The lowest BCUT2D eigenvalue weighted by atomic mass is 9.87. The minimum Gasteiger partial charge on any atom is -0.313 e. The first kappa shape index (κ1) is 8.89. The lowest BCUT2D eigenvalue weighted by Gasteiger charge is -2.48. The van der Waals surface area contributed by atoms with Crippen LogP contribution in [0.5, 0.6) is 0 Å². The Morgan fingerprint density at radius 2 is 2.43 bits per heavy atom. The average Bonchev–Trinajstić information content (AvgIpc) is 2.66. The lowest BCUT2D eigenvalue weighted by Crippen LogP contribution is -2.59. The predicted octanol–water partition coefficient (Wildman–Crippen LogP) is 1.42. The molecule has 1 fully saturated rings. The Bertz CT molecular complexity index is 347. The number of fused-ring (bicyclic) bond motifs is 3. The van der Waals surface area contributed by atoms with E-state index in [2.05, 4.69) is 28.6 Å². The molecule has 1 saturated heterocycles. The molecule has 76 valence electrons. The molecule has 1 unspecified atom stereocenters. The number of hydrogen-bond acceptors (Lipinski definition) is 3. The van der Waals surface area contributed by atoms with Crippen molar-refractivity contribution in [1.82, 2.24) is 10.2 Å². The Morgan fingerprint density at radius 1 is 1.50 bits per heavy atom. The molecule has 3 heteroatoms. The first-order valence-electron chi connectivity index (χ1n) is 5.33. The van der Waals surface area contributed by atoms with Crippen molar-refractivity contribution in [2.24, 2.45) is 0 Å². The standard InChI is InChI=1S/C11H16N2S/c1-11-8-12-4-6-13(11)5-2-9-3-7-14-10(9)11/h3,7,12H,2,4-6,8H2,1H3. The van der Waals surface area contributed by atoms with Crippen LogP contribution in [0.3, 0.4) is 0 Å². The SMILES string of the molecule is CC12CNCCN1CCc1ccsc12. The summed E-state index contributed by atoms with van der Waals surface area (Å²) in [6.45, 7) is 7.08. The highest BCUT2D eigenvalue weighted by atomic mass is 32.1.